The fraction of sp³-hybridized carbons (Fsp3) is 0.200. The molecule has 0 saturated heterocycles. The maximum absolute atomic E-state index is 5.73. The minimum absolute atomic E-state index is 0.357. The highest BCUT2D eigenvalue weighted by Gasteiger charge is 2.17. The van der Waals surface area contributed by atoms with E-state index in [0.29, 0.717) is 11.5 Å². The summed E-state index contributed by atoms with van der Waals surface area (Å²) in [6.45, 7) is 1.37. The van der Waals surface area contributed by atoms with Crippen molar-refractivity contribution in [2.75, 3.05) is 11.9 Å². The summed E-state index contributed by atoms with van der Waals surface area (Å²) in [7, 11) is 0. The number of nitrogens with one attached hydrogen (secondary N) is 1. The molecule has 1 aromatic heterocycles. The van der Waals surface area contributed by atoms with Crippen LogP contribution in [0, 0.1) is 0 Å². The summed E-state index contributed by atoms with van der Waals surface area (Å²) in [5.74, 6) is 0.978. The minimum Gasteiger partial charge on any atom is -0.493 e. The van der Waals surface area contributed by atoms with E-state index in [-0.39, 0.29) is 0 Å². The van der Waals surface area contributed by atoms with Crippen LogP contribution in [0.3, 0.4) is 0 Å². The molecule has 2 heterocycles. The molecule has 0 radical (unpaired) electrons. The lowest BCUT2D eigenvalue weighted by atomic mass is 10.1. The van der Waals surface area contributed by atoms with E-state index in [1.165, 1.54) is 5.56 Å². The molecule has 1 aliphatic rings. The summed E-state index contributed by atoms with van der Waals surface area (Å²) in [6.07, 6.45) is 4.36. The summed E-state index contributed by atoms with van der Waals surface area (Å²) >= 11 is 8.60. The number of aromatic nitrogens is 1. The SMILES string of the molecule is NC(=S)c1ccncc1NCc1cc(Br)cc2c1OCC2. The standard InChI is InChI=1S/C15H14BrN3OS/c16-11-5-9-2-4-20-14(9)10(6-11)7-19-13-8-18-3-1-12(13)15(17)21/h1,3,5-6,8,19H,2,4,7H2,(H2,17,21). The van der Waals surface area contributed by atoms with Gasteiger partial charge in [-0.3, -0.25) is 4.98 Å². The largest absolute Gasteiger partial charge is 0.493 e. The zero-order valence-electron chi connectivity index (χ0n) is 11.2. The van der Waals surface area contributed by atoms with Gasteiger partial charge < -0.3 is 15.8 Å². The number of ether oxygens (including phenoxy) is 1. The van der Waals surface area contributed by atoms with Gasteiger partial charge in [0, 0.05) is 34.8 Å². The molecule has 0 unspecified atom stereocenters. The molecule has 0 amide bonds. The first-order chi connectivity index (χ1) is 10.1. The van der Waals surface area contributed by atoms with Gasteiger partial charge in [-0.05, 0) is 23.8 Å². The second-order valence-electron chi connectivity index (χ2n) is 4.79. The molecule has 0 bridgehead atoms. The van der Waals surface area contributed by atoms with Crippen molar-refractivity contribution in [3.8, 4) is 5.75 Å². The lowest BCUT2D eigenvalue weighted by Crippen LogP contribution is -2.13. The molecular weight excluding hydrogens is 350 g/mol. The summed E-state index contributed by atoms with van der Waals surface area (Å²) in [4.78, 5) is 4.47. The normalized spacial score (nSPS) is 12.6. The van der Waals surface area contributed by atoms with Crippen LogP contribution in [0.15, 0.2) is 35.1 Å². The Morgan fingerprint density at radius 3 is 3.14 bits per heavy atom. The van der Waals surface area contributed by atoms with Crippen LogP contribution in [0.1, 0.15) is 16.7 Å². The van der Waals surface area contributed by atoms with Gasteiger partial charge in [-0.1, -0.05) is 28.1 Å². The van der Waals surface area contributed by atoms with Gasteiger partial charge in [0.25, 0.3) is 0 Å². The Balaban J connectivity index is 1.85. The molecule has 0 saturated carbocycles. The van der Waals surface area contributed by atoms with Crippen LogP contribution in [0.5, 0.6) is 5.75 Å². The molecule has 0 atom stereocenters. The number of nitrogens with zero attached hydrogens (tertiary/aromatic N) is 1. The van der Waals surface area contributed by atoms with Crippen molar-refractivity contribution < 1.29 is 4.74 Å². The number of anilines is 1. The number of benzene rings is 1. The van der Waals surface area contributed by atoms with E-state index in [9.17, 15) is 0 Å². The first-order valence-corrected chi connectivity index (χ1v) is 7.77. The maximum atomic E-state index is 5.73. The highest BCUT2D eigenvalue weighted by atomic mass is 79.9. The van der Waals surface area contributed by atoms with Crippen molar-refractivity contribution >= 4 is 38.8 Å². The van der Waals surface area contributed by atoms with Gasteiger partial charge in [0.2, 0.25) is 0 Å². The maximum Gasteiger partial charge on any atom is 0.127 e. The highest BCUT2D eigenvalue weighted by Crippen LogP contribution is 2.33. The molecule has 0 aliphatic carbocycles. The third kappa shape index (κ3) is 3.01. The van der Waals surface area contributed by atoms with Crippen LogP contribution < -0.4 is 15.8 Å². The molecule has 1 aromatic carbocycles. The van der Waals surface area contributed by atoms with E-state index in [0.717, 1.165) is 40.1 Å². The second kappa shape index (κ2) is 5.99. The van der Waals surface area contributed by atoms with Crippen LogP contribution in [-0.4, -0.2) is 16.6 Å². The van der Waals surface area contributed by atoms with Crippen molar-refractivity contribution in [2.45, 2.75) is 13.0 Å². The number of nitrogens with two attached hydrogens (primary N) is 1. The van der Waals surface area contributed by atoms with Crippen LogP contribution in [-0.2, 0) is 13.0 Å². The number of rotatable bonds is 4. The number of hydrogen-bond donors (Lipinski definition) is 2. The van der Waals surface area contributed by atoms with Crippen molar-refractivity contribution in [1.29, 1.82) is 0 Å². The van der Waals surface area contributed by atoms with Crippen LogP contribution in [0.4, 0.5) is 5.69 Å². The fourth-order valence-electron chi connectivity index (χ4n) is 2.42. The quantitative estimate of drug-likeness (QED) is 0.817. The predicted octanol–water partition coefficient (Wildman–Crippen LogP) is 3.03. The first kappa shape index (κ1) is 14.3. The molecule has 0 fully saturated rings. The van der Waals surface area contributed by atoms with Gasteiger partial charge in [-0.2, -0.15) is 0 Å². The predicted molar refractivity (Wildman–Crippen MR) is 90.8 cm³/mol. The summed E-state index contributed by atoms with van der Waals surface area (Å²) in [5.41, 5.74) is 9.70. The molecular formula is C15H14BrN3OS. The molecule has 21 heavy (non-hydrogen) atoms. The topological polar surface area (TPSA) is 60.2 Å². The first-order valence-electron chi connectivity index (χ1n) is 6.57. The third-order valence-electron chi connectivity index (χ3n) is 3.38. The average Bonchev–Trinajstić information content (AvgIpc) is 2.93. The number of pyridine rings is 1. The lowest BCUT2D eigenvalue weighted by molar-refractivity contribution is 0.354. The van der Waals surface area contributed by atoms with E-state index < -0.39 is 0 Å². The molecule has 4 nitrogen and oxygen atoms in total. The molecule has 2 aromatic rings. The van der Waals surface area contributed by atoms with E-state index in [1.54, 1.807) is 12.4 Å². The Hall–Kier alpha value is -1.66. The van der Waals surface area contributed by atoms with E-state index in [2.05, 4.69) is 38.4 Å². The zero-order valence-corrected chi connectivity index (χ0v) is 13.6. The van der Waals surface area contributed by atoms with E-state index >= 15 is 0 Å². The van der Waals surface area contributed by atoms with Gasteiger partial charge in [0.15, 0.2) is 0 Å². The molecule has 3 rings (SSSR count). The molecule has 6 heteroatoms. The molecule has 1 aliphatic heterocycles. The van der Waals surface area contributed by atoms with E-state index in [1.807, 2.05) is 6.07 Å². The summed E-state index contributed by atoms with van der Waals surface area (Å²) in [6, 6.07) is 5.98. The molecule has 0 spiro atoms. The molecule has 3 N–H and O–H groups in total. The van der Waals surface area contributed by atoms with Gasteiger partial charge in [0.1, 0.15) is 10.7 Å². The second-order valence-corrected chi connectivity index (χ2v) is 6.15. The van der Waals surface area contributed by atoms with Crippen molar-refractivity contribution in [3.05, 3.63) is 51.8 Å². The van der Waals surface area contributed by atoms with Crippen molar-refractivity contribution in [2.24, 2.45) is 5.73 Å². The summed E-state index contributed by atoms with van der Waals surface area (Å²) in [5, 5.41) is 3.34. The Labute approximate surface area is 136 Å². The smallest absolute Gasteiger partial charge is 0.127 e. The van der Waals surface area contributed by atoms with Crippen molar-refractivity contribution in [3.63, 3.8) is 0 Å². The lowest BCUT2D eigenvalue weighted by Gasteiger charge is -2.13. The van der Waals surface area contributed by atoms with Gasteiger partial charge in [-0.15, -0.1) is 0 Å². The van der Waals surface area contributed by atoms with Crippen molar-refractivity contribution in [1.82, 2.24) is 4.98 Å². The highest BCUT2D eigenvalue weighted by molar-refractivity contribution is 9.10. The minimum atomic E-state index is 0.357. The number of thiocarbonyl (C=S) groups is 1. The number of hydrogen-bond acceptors (Lipinski definition) is 4. The van der Waals surface area contributed by atoms with Crippen LogP contribution in [0.2, 0.25) is 0 Å². The Morgan fingerprint density at radius 1 is 1.48 bits per heavy atom. The van der Waals surface area contributed by atoms with Gasteiger partial charge >= 0.3 is 0 Å². The third-order valence-corrected chi connectivity index (χ3v) is 4.06. The summed E-state index contributed by atoms with van der Waals surface area (Å²) < 4.78 is 6.78. The number of fused-ring (bicyclic) bond motifs is 1. The monoisotopic (exact) mass is 363 g/mol. The average molecular weight is 364 g/mol. The molecule has 108 valence electrons. The van der Waals surface area contributed by atoms with E-state index in [4.69, 9.17) is 22.7 Å². The van der Waals surface area contributed by atoms with Crippen LogP contribution >= 0.6 is 28.1 Å². The Bertz CT molecular complexity index is 705. The van der Waals surface area contributed by atoms with Gasteiger partial charge in [0.05, 0.1) is 18.5 Å². The van der Waals surface area contributed by atoms with Gasteiger partial charge in [-0.25, -0.2) is 0 Å². The Morgan fingerprint density at radius 2 is 2.33 bits per heavy atom. The Kier molecular flexibility index (Phi) is 4.07. The fourth-order valence-corrected chi connectivity index (χ4v) is 3.15. The van der Waals surface area contributed by atoms with Crippen LogP contribution in [0.25, 0.3) is 0 Å². The number of halogens is 1. The zero-order chi connectivity index (χ0) is 14.8.